The number of aromatic nitrogens is 1. The van der Waals surface area contributed by atoms with Crippen molar-refractivity contribution in [1.29, 1.82) is 0 Å². The minimum atomic E-state index is -0.0884. The fraction of sp³-hybridized carbons (Fsp3) is 0.231. The van der Waals surface area contributed by atoms with Crippen molar-refractivity contribution in [3.63, 3.8) is 0 Å². The van der Waals surface area contributed by atoms with Gasteiger partial charge in [0.25, 0.3) is 0 Å². The first-order valence-corrected chi connectivity index (χ1v) is 6.96. The van der Waals surface area contributed by atoms with Crippen LogP contribution >= 0.6 is 22.9 Å². The van der Waals surface area contributed by atoms with Gasteiger partial charge in [0.1, 0.15) is 0 Å². The van der Waals surface area contributed by atoms with E-state index in [-0.39, 0.29) is 5.91 Å². The van der Waals surface area contributed by atoms with Gasteiger partial charge in [-0.3, -0.25) is 4.79 Å². The molecule has 0 unspecified atom stereocenters. The third-order valence-electron chi connectivity index (χ3n) is 2.46. The number of hydrogen-bond donors (Lipinski definition) is 2. The van der Waals surface area contributed by atoms with Crippen molar-refractivity contribution in [1.82, 2.24) is 4.98 Å². The summed E-state index contributed by atoms with van der Waals surface area (Å²) in [6.45, 7) is 4.10. The molecule has 0 fully saturated rings. The highest BCUT2D eigenvalue weighted by Gasteiger charge is 2.05. The zero-order valence-corrected chi connectivity index (χ0v) is 12.2. The highest BCUT2D eigenvalue weighted by molar-refractivity contribution is 7.15. The molecule has 0 bridgehead atoms. The zero-order chi connectivity index (χ0) is 13.8. The number of carbonyl (C=O) groups is 1. The molecular formula is C13H14ClN3OS. The average Bonchev–Trinajstić information content (AvgIpc) is 2.73. The number of rotatable bonds is 4. The first kappa shape index (κ1) is 13.8. The van der Waals surface area contributed by atoms with Crippen molar-refractivity contribution in [2.45, 2.75) is 20.4 Å². The molecule has 0 aliphatic carbocycles. The van der Waals surface area contributed by atoms with E-state index in [2.05, 4.69) is 15.6 Å². The van der Waals surface area contributed by atoms with Crippen molar-refractivity contribution in [2.24, 2.45) is 0 Å². The summed E-state index contributed by atoms with van der Waals surface area (Å²) in [6, 6.07) is 5.87. The topological polar surface area (TPSA) is 54.0 Å². The monoisotopic (exact) mass is 295 g/mol. The summed E-state index contributed by atoms with van der Waals surface area (Å²) in [5, 5.41) is 6.09. The SMILES string of the molecule is CC(=O)Nc1cc(C)ccc1NCc1cnc(Cl)s1. The molecule has 0 aliphatic rings. The molecule has 4 nitrogen and oxygen atoms in total. The van der Waals surface area contributed by atoms with E-state index >= 15 is 0 Å². The standard InChI is InChI=1S/C13H14ClN3OS/c1-8-3-4-11(12(5-8)17-9(2)18)15-6-10-7-16-13(14)19-10/h3-5,7,15H,6H2,1-2H3,(H,17,18). The van der Waals surface area contributed by atoms with Gasteiger partial charge in [0.2, 0.25) is 5.91 Å². The first-order chi connectivity index (χ1) is 9.04. The van der Waals surface area contributed by atoms with Crippen molar-refractivity contribution in [3.05, 3.63) is 39.3 Å². The Morgan fingerprint density at radius 1 is 1.42 bits per heavy atom. The fourth-order valence-corrected chi connectivity index (χ4v) is 2.57. The highest BCUT2D eigenvalue weighted by atomic mass is 35.5. The summed E-state index contributed by atoms with van der Waals surface area (Å²) < 4.78 is 0.530. The van der Waals surface area contributed by atoms with Crippen molar-refractivity contribution >= 4 is 40.2 Å². The number of halogens is 1. The predicted molar refractivity (Wildman–Crippen MR) is 79.9 cm³/mol. The Morgan fingerprint density at radius 2 is 2.21 bits per heavy atom. The highest BCUT2D eigenvalue weighted by Crippen LogP contribution is 2.25. The van der Waals surface area contributed by atoms with Crippen LogP contribution in [0.25, 0.3) is 0 Å². The first-order valence-electron chi connectivity index (χ1n) is 5.77. The lowest BCUT2D eigenvalue weighted by atomic mass is 10.2. The molecule has 6 heteroatoms. The maximum atomic E-state index is 11.2. The van der Waals surface area contributed by atoms with E-state index in [1.807, 2.05) is 25.1 Å². The lowest BCUT2D eigenvalue weighted by Gasteiger charge is -2.12. The molecule has 100 valence electrons. The van der Waals surface area contributed by atoms with Crippen molar-refractivity contribution < 1.29 is 4.79 Å². The minimum absolute atomic E-state index is 0.0884. The van der Waals surface area contributed by atoms with Gasteiger partial charge < -0.3 is 10.6 Å². The van der Waals surface area contributed by atoms with Gasteiger partial charge in [-0.2, -0.15) is 0 Å². The smallest absolute Gasteiger partial charge is 0.221 e. The second-order valence-electron chi connectivity index (χ2n) is 4.16. The maximum Gasteiger partial charge on any atom is 0.221 e. The number of nitrogens with zero attached hydrogens (tertiary/aromatic N) is 1. The molecule has 0 saturated carbocycles. The molecule has 19 heavy (non-hydrogen) atoms. The molecule has 2 rings (SSSR count). The summed E-state index contributed by atoms with van der Waals surface area (Å²) in [7, 11) is 0. The quantitative estimate of drug-likeness (QED) is 0.905. The van der Waals surface area contributed by atoms with Gasteiger partial charge in [-0.15, -0.1) is 11.3 Å². The Hall–Kier alpha value is -1.59. The molecule has 0 spiro atoms. The van der Waals surface area contributed by atoms with Gasteiger partial charge in [-0.05, 0) is 24.6 Å². The molecule has 0 saturated heterocycles. The van der Waals surface area contributed by atoms with Gasteiger partial charge in [-0.1, -0.05) is 17.7 Å². The average molecular weight is 296 g/mol. The number of aryl methyl sites for hydroxylation is 1. The Morgan fingerprint density at radius 3 is 2.84 bits per heavy atom. The van der Waals surface area contributed by atoms with Crippen LogP contribution in [0.1, 0.15) is 17.4 Å². The van der Waals surface area contributed by atoms with Crippen LogP contribution in [-0.2, 0) is 11.3 Å². The number of hydrogen-bond acceptors (Lipinski definition) is 4. The van der Waals surface area contributed by atoms with Gasteiger partial charge in [0.15, 0.2) is 4.47 Å². The number of carbonyl (C=O) groups excluding carboxylic acids is 1. The summed E-state index contributed by atoms with van der Waals surface area (Å²) in [4.78, 5) is 16.2. The third kappa shape index (κ3) is 3.94. The molecule has 0 aliphatic heterocycles. The predicted octanol–water partition coefficient (Wildman–Crippen LogP) is 3.68. The minimum Gasteiger partial charge on any atom is -0.378 e. The van der Waals surface area contributed by atoms with E-state index < -0.39 is 0 Å². The Kier molecular flexibility index (Phi) is 4.39. The van der Waals surface area contributed by atoms with Crippen LogP contribution < -0.4 is 10.6 Å². The lowest BCUT2D eigenvalue weighted by molar-refractivity contribution is -0.114. The summed E-state index contributed by atoms with van der Waals surface area (Å²) in [5.41, 5.74) is 2.75. The Bertz CT molecular complexity index is 597. The Balaban J connectivity index is 2.12. The summed E-state index contributed by atoms with van der Waals surface area (Å²) >= 11 is 7.22. The maximum absolute atomic E-state index is 11.2. The molecule has 2 N–H and O–H groups in total. The fourth-order valence-electron chi connectivity index (χ4n) is 1.65. The van der Waals surface area contributed by atoms with Gasteiger partial charge in [-0.25, -0.2) is 4.98 Å². The second kappa shape index (κ2) is 6.04. The Labute approximate surface area is 120 Å². The zero-order valence-electron chi connectivity index (χ0n) is 10.7. The number of anilines is 2. The van der Waals surface area contributed by atoms with E-state index in [1.54, 1.807) is 6.20 Å². The van der Waals surface area contributed by atoms with Crippen LogP contribution in [0.4, 0.5) is 11.4 Å². The van der Waals surface area contributed by atoms with E-state index in [0.717, 1.165) is 21.8 Å². The number of amides is 1. The van der Waals surface area contributed by atoms with Crippen LogP contribution in [0.5, 0.6) is 0 Å². The van der Waals surface area contributed by atoms with E-state index in [4.69, 9.17) is 11.6 Å². The van der Waals surface area contributed by atoms with Gasteiger partial charge in [0, 0.05) is 18.0 Å². The molecular weight excluding hydrogens is 282 g/mol. The van der Waals surface area contributed by atoms with Crippen LogP contribution in [0.2, 0.25) is 4.47 Å². The van der Waals surface area contributed by atoms with Crippen molar-refractivity contribution in [2.75, 3.05) is 10.6 Å². The lowest BCUT2D eigenvalue weighted by Crippen LogP contribution is -2.09. The second-order valence-corrected chi connectivity index (χ2v) is 5.86. The third-order valence-corrected chi connectivity index (χ3v) is 3.58. The van der Waals surface area contributed by atoms with Gasteiger partial charge >= 0.3 is 0 Å². The van der Waals surface area contributed by atoms with E-state index in [1.165, 1.54) is 18.3 Å². The molecule has 1 aromatic heterocycles. The number of benzene rings is 1. The number of thiazole rings is 1. The number of nitrogens with one attached hydrogen (secondary N) is 2. The van der Waals surface area contributed by atoms with Crippen LogP contribution in [0.3, 0.4) is 0 Å². The van der Waals surface area contributed by atoms with Crippen LogP contribution in [0, 0.1) is 6.92 Å². The molecule has 1 heterocycles. The molecule has 1 aromatic carbocycles. The normalized spacial score (nSPS) is 10.3. The molecule has 2 aromatic rings. The molecule has 1 amide bonds. The van der Waals surface area contributed by atoms with E-state index in [0.29, 0.717) is 11.0 Å². The summed E-state index contributed by atoms with van der Waals surface area (Å²) in [6.07, 6.45) is 1.74. The largest absolute Gasteiger partial charge is 0.378 e. The van der Waals surface area contributed by atoms with Gasteiger partial charge in [0.05, 0.1) is 17.9 Å². The van der Waals surface area contributed by atoms with E-state index in [9.17, 15) is 4.79 Å². The molecule has 0 radical (unpaired) electrons. The van der Waals surface area contributed by atoms with Crippen molar-refractivity contribution in [3.8, 4) is 0 Å². The van der Waals surface area contributed by atoms with Crippen LogP contribution in [0.15, 0.2) is 24.4 Å². The van der Waals surface area contributed by atoms with Crippen LogP contribution in [-0.4, -0.2) is 10.9 Å². The summed E-state index contributed by atoms with van der Waals surface area (Å²) in [5.74, 6) is -0.0884. The molecule has 0 atom stereocenters.